The van der Waals surface area contributed by atoms with Crippen molar-refractivity contribution in [2.24, 2.45) is 0 Å². The van der Waals surface area contributed by atoms with Gasteiger partial charge in [0.1, 0.15) is 22.0 Å². The average Bonchev–Trinajstić information content (AvgIpc) is 2.78. The number of sulfonamides is 1. The predicted molar refractivity (Wildman–Crippen MR) is 128 cm³/mol. The van der Waals surface area contributed by atoms with Crippen LogP contribution in [0.1, 0.15) is 59.1 Å². The van der Waals surface area contributed by atoms with Crippen LogP contribution < -0.4 is 0 Å². The molecule has 0 saturated carbocycles. The van der Waals surface area contributed by atoms with Gasteiger partial charge in [0, 0.05) is 30.7 Å². The highest BCUT2D eigenvalue weighted by Gasteiger charge is 2.38. The molecule has 1 atom stereocenters. The van der Waals surface area contributed by atoms with Crippen molar-refractivity contribution in [1.82, 2.24) is 19.2 Å². The maximum absolute atomic E-state index is 13.5. The Kier molecular flexibility index (Phi) is 7.86. The van der Waals surface area contributed by atoms with E-state index in [4.69, 9.17) is 27.9 Å². The lowest BCUT2D eigenvalue weighted by Crippen LogP contribution is -2.55. The molecular formula is C22H26Cl2N4O5S. The van der Waals surface area contributed by atoms with Crippen LogP contribution in [0.25, 0.3) is 0 Å². The smallest absolute Gasteiger partial charge is 0.342 e. The number of aryl methyl sites for hydroxylation is 1. The first-order valence-electron chi connectivity index (χ1n) is 10.6. The second-order valence-corrected chi connectivity index (χ2v) is 11.0. The first-order valence-corrected chi connectivity index (χ1v) is 12.8. The minimum Gasteiger partial charge on any atom is -0.465 e. The summed E-state index contributed by atoms with van der Waals surface area (Å²) >= 11 is 12.1. The molecule has 2 aromatic rings. The van der Waals surface area contributed by atoms with Gasteiger partial charge in [-0.25, -0.2) is 23.2 Å². The van der Waals surface area contributed by atoms with Gasteiger partial charge in [0.05, 0.1) is 17.8 Å². The molecule has 1 fully saturated rings. The summed E-state index contributed by atoms with van der Waals surface area (Å²) in [6.07, 6.45) is 0. The van der Waals surface area contributed by atoms with Gasteiger partial charge in [0.2, 0.25) is 10.0 Å². The first kappa shape index (κ1) is 26.3. The van der Waals surface area contributed by atoms with E-state index >= 15 is 0 Å². The number of carbonyl (C=O) groups is 2. The van der Waals surface area contributed by atoms with Gasteiger partial charge in [-0.05, 0) is 38.0 Å². The SMILES string of the molecule is COC(=O)c1c(C(=O)N2CCN(S(=O)(=O)c3cc(Cl)ccc3Cl)C(C)C2)nc(C)nc1C(C)C. The fourth-order valence-electron chi connectivity index (χ4n) is 3.90. The Bertz CT molecular complexity index is 1240. The number of piperazine rings is 1. The number of amides is 1. The number of ether oxygens (including phenoxy) is 1. The highest BCUT2D eigenvalue weighted by atomic mass is 35.5. The fourth-order valence-corrected chi connectivity index (χ4v) is 6.26. The van der Waals surface area contributed by atoms with E-state index in [0.717, 1.165) is 0 Å². The lowest BCUT2D eigenvalue weighted by atomic mass is 10.0. The van der Waals surface area contributed by atoms with E-state index in [1.807, 2.05) is 13.8 Å². The molecule has 9 nitrogen and oxygen atoms in total. The molecule has 2 heterocycles. The fraction of sp³-hybridized carbons (Fsp3) is 0.455. The van der Waals surface area contributed by atoms with Gasteiger partial charge in [-0.3, -0.25) is 4.79 Å². The van der Waals surface area contributed by atoms with E-state index in [2.05, 4.69) is 9.97 Å². The zero-order chi connectivity index (χ0) is 25.4. The number of halogens is 2. The summed E-state index contributed by atoms with van der Waals surface area (Å²) in [5.74, 6) is -0.982. The van der Waals surface area contributed by atoms with Gasteiger partial charge in [-0.2, -0.15) is 4.31 Å². The van der Waals surface area contributed by atoms with Crippen molar-refractivity contribution in [2.75, 3.05) is 26.7 Å². The highest BCUT2D eigenvalue weighted by Crippen LogP contribution is 2.30. The molecule has 1 aromatic heterocycles. The summed E-state index contributed by atoms with van der Waals surface area (Å²) in [5.41, 5.74) is 0.401. The normalized spacial score (nSPS) is 17.2. The zero-order valence-electron chi connectivity index (χ0n) is 19.5. The topological polar surface area (TPSA) is 110 Å². The molecule has 1 unspecified atom stereocenters. The highest BCUT2D eigenvalue weighted by molar-refractivity contribution is 7.89. The molecule has 0 bridgehead atoms. The zero-order valence-corrected chi connectivity index (χ0v) is 21.8. The van der Waals surface area contributed by atoms with Gasteiger partial charge in [0.15, 0.2) is 0 Å². The Morgan fingerprint density at radius 3 is 2.44 bits per heavy atom. The first-order chi connectivity index (χ1) is 15.9. The third kappa shape index (κ3) is 5.05. The number of hydrogen-bond donors (Lipinski definition) is 0. The molecule has 1 amide bonds. The Morgan fingerprint density at radius 2 is 1.85 bits per heavy atom. The number of benzene rings is 1. The van der Waals surface area contributed by atoms with Crippen LogP contribution in [-0.4, -0.2) is 72.3 Å². The van der Waals surface area contributed by atoms with Crippen molar-refractivity contribution in [2.45, 2.75) is 44.6 Å². The Labute approximate surface area is 209 Å². The van der Waals surface area contributed by atoms with Crippen LogP contribution in [0.3, 0.4) is 0 Å². The molecule has 1 aliphatic heterocycles. The van der Waals surface area contributed by atoms with Crippen molar-refractivity contribution in [3.63, 3.8) is 0 Å². The molecule has 0 spiro atoms. The summed E-state index contributed by atoms with van der Waals surface area (Å²) in [6, 6.07) is 3.69. The molecule has 0 N–H and O–H groups in total. The predicted octanol–water partition coefficient (Wildman–Crippen LogP) is 3.54. The number of esters is 1. The molecule has 1 aliphatic rings. The quantitative estimate of drug-likeness (QED) is 0.545. The van der Waals surface area contributed by atoms with Crippen LogP contribution in [0.2, 0.25) is 10.0 Å². The standard InChI is InChI=1S/C22H26Cl2N4O5S/c1-12(2)19-18(22(30)33-5)20(26-14(4)25-19)21(29)27-8-9-28(13(3)11-27)34(31,32)17-10-15(23)6-7-16(17)24/h6-7,10,12-13H,8-9,11H2,1-5H3. The number of methoxy groups -OCH3 is 1. The van der Waals surface area contributed by atoms with Crippen LogP contribution in [0.5, 0.6) is 0 Å². The van der Waals surface area contributed by atoms with Gasteiger partial charge >= 0.3 is 5.97 Å². The molecule has 1 aromatic carbocycles. The van der Waals surface area contributed by atoms with Crippen molar-refractivity contribution in [3.8, 4) is 0 Å². The van der Waals surface area contributed by atoms with Gasteiger partial charge in [-0.15, -0.1) is 0 Å². The molecule has 0 aliphatic carbocycles. The van der Waals surface area contributed by atoms with Crippen molar-refractivity contribution in [1.29, 1.82) is 0 Å². The second kappa shape index (κ2) is 10.2. The van der Waals surface area contributed by atoms with Crippen molar-refractivity contribution < 1.29 is 22.7 Å². The van der Waals surface area contributed by atoms with E-state index < -0.39 is 27.9 Å². The van der Waals surface area contributed by atoms with Crippen LogP contribution in [0, 0.1) is 6.92 Å². The number of nitrogens with zero attached hydrogens (tertiary/aromatic N) is 4. The summed E-state index contributed by atoms with van der Waals surface area (Å²) < 4.78 is 32.7. The third-order valence-corrected chi connectivity index (χ3v) is 8.25. The molecule has 184 valence electrons. The number of carbonyl (C=O) groups excluding carboxylic acids is 2. The lowest BCUT2D eigenvalue weighted by molar-refractivity contribution is 0.0569. The van der Waals surface area contributed by atoms with Gasteiger partial charge in [-0.1, -0.05) is 37.0 Å². The summed E-state index contributed by atoms with van der Waals surface area (Å²) in [7, 11) is -2.72. The van der Waals surface area contributed by atoms with Gasteiger partial charge in [0.25, 0.3) is 5.91 Å². The lowest BCUT2D eigenvalue weighted by Gasteiger charge is -2.39. The van der Waals surface area contributed by atoms with Crippen LogP contribution >= 0.6 is 23.2 Å². The second-order valence-electron chi connectivity index (χ2n) is 8.32. The molecule has 34 heavy (non-hydrogen) atoms. The number of aromatic nitrogens is 2. The van der Waals surface area contributed by atoms with E-state index in [0.29, 0.717) is 11.5 Å². The van der Waals surface area contributed by atoms with E-state index in [-0.39, 0.29) is 51.8 Å². The average molecular weight is 529 g/mol. The molecule has 1 saturated heterocycles. The number of rotatable bonds is 5. The Morgan fingerprint density at radius 1 is 1.18 bits per heavy atom. The summed E-state index contributed by atoms with van der Waals surface area (Å²) in [6.45, 7) is 7.28. The van der Waals surface area contributed by atoms with Crippen LogP contribution in [0.15, 0.2) is 23.1 Å². The molecule has 3 rings (SSSR count). The maximum Gasteiger partial charge on any atom is 0.342 e. The van der Waals surface area contributed by atoms with Crippen molar-refractivity contribution >= 4 is 45.1 Å². The Hall–Kier alpha value is -2.27. The number of hydrogen-bond acceptors (Lipinski definition) is 7. The molecular weight excluding hydrogens is 503 g/mol. The van der Waals surface area contributed by atoms with Gasteiger partial charge < -0.3 is 9.64 Å². The monoisotopic (exact) mass is 528 g/mol. The minimum atomic E-state index is -3.95. The van der Waals surface area contributed by atoms with E-state index in [1.54, 1.807) is 13.8 Å². The molecule has 0 radical (unpaired) electrons. The van der Waals surface area contributed by atoms with E-state index in [1.165, 1.54) is 34.5 Å². The van der Waals surface area contributed by atoms with Crippen molar-refractivity contribution in [3.05, 3.63) is 51.0 Å². The largest absolute Gasteiger partial charge is 0.465 e. The van der Waals surface area contributed by atoms with Crippen LogP contribution in [0.4, 0.5) is 0 Å². The van der Waals surface area contributed by atoms with E-state index in [9.17, 15) is 18.0 Å². The summed E-state index contributed by atoms with van der Waals surface area (Å²) in [5, 5.41) is 0.315. The summed E-state index contributed by atoms with van der Waals surface area (Å²) in [4.78, 5) is 36.0. The maximum atomic E-state index is 13.5. The van der Waals surface area contributed by atoms with Crippen LogP contribution in [-0.2, 0) is 14.8 Å². The Balaban J connectivity index is 1.92. The molecule has 12 heteroatoms. The minimum absolute atomic E-state index is 0.0292. The third-order valence-electron chi connectivity index (χ3n) is 5.52.